The number of esters is 2. The summed E-state index contributed by atoms with van der Waals surface area (Å²) in [5.74, 6) is -0.330. The molecule has 5 fully saturated rings. The molecule has 9 atom stereocenters. The summed E-state index contributed by atoms with van der Waals surface area (Å²) in [7, 11) is 0. The molecule has 0 radical (unpaired) electrons. The van der Waals surface area contributed by atoms with Crippen LogP contribution in [0.4, 0.5) is 0 Å². The molecule has 0 aromatic heterocycles. The van der Waals surface area contributed by atoms with Crippen LogP contribution < -0.4 is 0 Å². The second-order valence-electron chi connectivity index (χ2n) is 11.8. The zero-order chi connectivity index (χ0) is 24.1. The number of hydrogen-bond donors (Lipinski definition) is 0. The number of fused-ring (bicyclic) bond motifs is 4. The molecule has 8 rings (SSSR count). The highest BCUT2D eigenvalue weighted by atomic mass is 35.5. The highest BCUT2D eigenvalue weighted by molar-refractivity contribution is 6.30. The van der Waals surface area contributed by atoms with Crippen molar-refractivity contribution in [3.05, 3.63) is 46.0 Å². The van der Waals surface area contributed by atoms with Gasteiger partial charge in [-0.25, -0.2) is 9.59 Å². The van der Waals surface area contributed by atoms with Crippen LogP contribution in [0.5, 0.6) is 0 Å². The number of ether oxygens (including phenoxy) is 5. The molecule has 0 bridgehead atoms. The van der Waals surface area contributed by atoms with E-state index in [0.29, 0.717) is 23.6 Å². The van der Waals surface area contributed by atoms with Gasteiger partial charge in [-0.1, -0.05) is 32.4 Å². The smallest absolute Gasteiger partial charge is 0.338 e. The lowest BCUT2D eigenvalue weighted by Gasteiger charge is -2.53. The Kier molecular flexibility index (Phi) is 3.71. The second kappa shape index (κ2) is 6.13. The van der Waals surface area contributed by atoms with E-state index in [1.54, 1.807) is 24.3 Å². The standard InChI is InChI=1S/C27H27ClO7/c1-12(2)25-19(34-25)20-27(35-20)24(3)9-8-15-16(11-31-22(15)30)17(24)10-18-26(27,33-18)23(25)32-21(29)13-4-6-14(28)7-5-13/h4-7,12,17-20,23H,8-11H2,1-3H3/t17-,18+,19-,20-,23-,24+,25-,26?,27?/m1/s1. The lowest BCUT2D eigenvalue weighted by atomic mass is 9.46. The SMILES string of the molecule is CC(C)[C@@]12O[C@@H]1[C@H]1OC13C1(O[C@H]1C[C@@H]1C4=C(CC[C@@]13C)C(=O)OC4)[C@@H]2OC(=O)c1ccc(Cl)cc1. The predicted octanol–water partition coefficient (Wildman–Crippen LogP) is 3.62. The molecule has 4 heterocycles. The molecule has 1 aromatic rings. The summed E-state index contributed by atoms with van der Waals surface area (Å²) >= 11 is 6.03. The van der Waals surface area contributed by atoms with Crippen molar-refractivity contribution in [2.75, 3.05) is 6.61 Å². The van der Waals surface area contributed by atoms with Gasteiger partial charge < -0.3 is 23.7 Å². The molecule has 8 heteroatoms. The fourth-order valence-electron chi connectivity index (χ4n) is 8.60. The maximum Gasteiger partial charge on any atom is 0.338 e. The van der Waals surface area contributed by atoms with E-state index >= 15 is 0 Å². The predicted molar refractivity (Wildman–Crippen MR) is 122 cm³/mol. The summed E-state index contributed by atoms with van der Waals surface area (Å²) in [4.78, 5) is 25.7. The summed E-state index contributed by atoms with van der Waals surface area (Å²) in [6, 6.07) is 6.74. The summed E-state index contributed by atoms with van der Waals surface area (Å²) in [5.41, 5.74) is 0.152. The van der Waals surface area contributed by atoms with Gasteiger partial charge in [0.05, 0.1) is 11.7 Å². The van der Waals surface area contributed by atoms with Crippen LogP contribution in [0.2, 0.25) is 5.02 Å². The van der Waals surface area contributed by atoms with Crippen molar-refractivity contribution in [3.8, 4) is 0 Å². The first-order valence-electron chi connectivity index (χ1n) is 12.6. The zero-order valence-corrected chi connectivity index (χ0v) is 20.6. The third-order valence-corrected chi connectivity index (χ3v) is 10.6. The summed E-state index contributed by atoms with van der Waals surface area (Å²) in [6.07, 6.45) is 1.28. The van der Waals surface area contributed by atoms with Crippen LogP contribution in [0.25, 0.3) is 0 Å². The first-order valence-corrected chi connectivity index (χ1v) is 13.0. The quantitative estimate of drug-likeness (QED) is 0.464. The molecular formula is C27H27ClO7. The summed E-state index contributed by atoms with van der Waals surface area (Å²) < 4.78 is 31.6. The maximum atomic E-state index is 13.4. The van der Waals surface area contributed by atoms with E-state index in [1.807, 2.05) is 0 Å². The molecule has 4 aliphatic heterocycles. The molecular weight excluding hydrogens is 472 g/mol. The highest BCUT2D eigenvalue weighted by Gasteiger charge is 3.01. The number of carbonyl (C=O) groups is 2. The first-order chi connectivity index (χ1) is 16.7. The fourth-order valence-corrected chi connectivity index (χ4v) is 8.73. The van der Waals surface area contributed by atoms with Gasteiger partial charge in [-0.2, -0.15) is 0 Å². The number of cyclic esters (lactones) is 1. The molecule has 184 valence electrons. The van der Waals surface area contributed by atoms with Crippen molar-refractivity contribution in [1.82, 2.24) is 0 Å². The Morgan fingerprint density at radius 2 is 1.91 bits per heavy atom. The number of rotatable bonds is 3. The number of hydrogen-bond acceptors (Lipinski definition) is 7. The molecule has 0 N–H and O–H groups in total. The minimum atomic E-state index is -0.746. The van der Waals surface area contributed by atoms with Crippen molar-refractivity contribution in [3.63, 3.8) is 0 Å². The van der Waals surface area contributed by atoms with E-state index < -0.39 is 28.9 Å². The average molecular weight is 499 g/mol. The van der Waals surface area contributed by atoms with Gasteiger partial charge in [0, 0.05) is 16.0 Å². The molecule has 7 nitrogen and oxygen atoms in total. The van der Waals surface area contributed by atoms with E-state index in [1.165, 1.54) is 0 Å². The van der Waals surface area contributed by atoms with E-state index in [2.05, 4.69) is 20.8 Å². The maximum absolute atomic E-state index is 13.4. The topological polar surface area (TPSA) is 90.2 Å². The Bertz CT molecular complexity index is 1240. The van der Waals surface area contributed by atoms with Crippen LogP contribution in [0.3, 0.4) is 0 Å². The summed E-state index contributed by atoms with van der Waals surface area (Å²) in [6.45, 7) is 6.85. The lowest BCUT2D eigenvalue weighted by Crippen LogP contribution is -2.70. The van der Waals surface area contributed by atoms with Crippen molar-refractivity contribution in [2.45, 2.75) is 81.3 Å². The van der Waals surface area contributed by atoms with Crippen LogP contribution in [-0.4, -0.2) is 59.8 Å². The van der Waals surface area contributed by atoms with Gasteiger partial charge in [-0.3, -0.25) is 0 Å². The normalized spacial score (nSPS) is 49.6. The Labute approximate surface area is 208 Å². The van der Waals surface area contributed by atoms with Gasteiger partial charge in [-0.05, 0) is 60.9 Å². The van der Waals surface area contributed by atoms with Crippen molar-refractivity contribution < 1.29 is 33.3 Å². The van der Waals surface area contributed by atoms with Gasteiger partial charge >= 0.3 is 11.9 Å². The Hall–Kier alpha value is -1.93. The van der Waals surface area contributed by atoms with Crippen LogP contribution in [0.1, 0.15) is 50.4 Å². The van der Waals surface area contributed by atoms with Gasteiger partial charge in [0.15, 0.2) is 11.7 Å². The molecule has 2 unspecified atom stereocenters. The monoisotopic (exact) mass is 498 g/mol. The van der Waals surface area contributed by atoms with Gasteiger partial charge in [0.25, 0.3) is 0 Å². The minimum Gasteiger partial charge on any atom is -0.458 e. The molecule has 3 saturated heterocycles. The van der Waals surface area contributed by atoms with Crippen LogP contribution in [0, 0.1) is 17.3 Å². The Balaban J connectivity index is 1.23. The Morgan fingerprint density at radius 3 is 2.66 bits per heavy atom. The lowest BCUT2D eigenvalue weighted by molar-refractivity contribution is -0.136. The Morgan fingerprint density at radius 1 is 1.14 bits per heavy atom. The highest BCUT2D eigenvalue weighted by Crippen LogP contribution is 2.83. The third-order valence-electron chi connectivity index (χ3n) is 10.4. The van der Waals surface area contributed by atoms with E-state index in [0.717, 1.165) is 24.0 Å². The molecule has 0 amide bonds. The average Bonchev–Trinajstić information content (AvgIpc) is 3.73. The molecule has 2 saturated carbocycles. The van der Waals surface area contributed by atoms with Crippen molar-refractivity contribution in [1.29, 1.82) is 0 Å². The van der Waals surface area contributed by atoms with E-state index in [9.17, 15) is 9.59 Å². The van der Waals surface area contributed by atoms with E-state index in [4.69, 9.17) is 35.3 Å². The number of carbonyl (C=O) groups excluding carboxylic acids is 2. The van der Waals surface area contributed by atoms with Crippen molar-refractivity contribution in [2.24, 2.45) is 17.3 Å². The second-order valence-corrected chi connectivity index (χ2v) is 12.2. The largest absolute Gasteiger partial charge is 0.458 e. The molecule has 2 spiro atoms. The third kappa shape index (κ3) is 2.15. The van der Waals surface area contributed by atoms with Crippen LogP contribution >= 0.6 is 11.6 Å². The molecule has 7 aliphatic rings. The van der Waals surface area contributed by atoms with E-state index in [-0.39, 0.29) is 41.5 Å². The van der Waals surface area contributed by atoms with Crippen LogP contribution in [0.15, 0.2) is 35.4 Å². The van der Waals surface area contributed by atoms with Crippen LogP contribution in [-0.2, 0) is 28.5 Å². The molecule has 35 heavy (non-hydrogen) atoms. The fraction of sp³-hybridized carbons (Fsp3) is 0.630. The number of benzene rings is 1. The van der Waals surface area contributed by atoms with Gasteiger partial charge in [-0.15, -0.1) is 0 Å². The minimum absolute atomic E-state index is 0.103. The molecule has 3 aliphatic carbocycles. The van der Waals surface area contributed by atoms with Gasteiger partial charge in [0.2, 0.25) is 0 Å². The number of epoxide rings is 3. The van der Waals surface area contributed by atoms with Gasteiger partial charge in [0.1, 0.15) is 30.0 Å². The number of halogens is 1. The zero-order valence-electron chi connectivity index (χ0n) is 19.8. The first kappa shape index (κ1) is 21.2. The van der Waals surface area contributed by atoms with Crippen molar-refractivity contribution >= 4 is 23.5 Å². The molecule has 1 aromatic carbocycles. The summed E-state index contributed by atoms with van der Waals surface area (Å²) in [5, 5.41) is 0.562.